The molecule has 5 rings (SSSR count). The van der Waals surface area contributed by atoms with Crippen molar-refractivity contribution < 1.29 is 9.21 Å². The molecule has 0 radical (unpaired) electrons. The van der Waals surface area contributed by atoms with Crippen LogP contribution in [0.25, 0.3) is 28.2 Å². The van der Waals surface area contributed by atoms with Crippen LogP contribution in [0, 0.1) is 3.77 Å². The van der Waals surface area contributed by atoms with Gasteiger partial charge in [0.25, 0.3) is 5.91 Å². The van der Waals surface area contributed by atoms with E-state index in [-0.39, 0.29) is 5.91 Å². The zero-order chi connectivity index (χ0) is 24.2. The molecular weight excluding hydrogens is 617 g/mol. The summed E-state index contributed by atoms with van der Waals surface area (Å²) in [5, 5.41) is 4.00. The molecule has 0 aliphatic carbocycles. The number of nitrogens with one attached hydrogen (secondary N) is 1. The summed E-state index contributed by atoms with van der Waals surface area (Å²) in [6, 6.07) is 34.1. The van der Waals surface area contributed by atoms with E-state index in [0.29, 0.717) is 11.3 Å². The van der Waals surface area contributed by atoms with Gasteiger partial charge in [-0.2, -0.15) is 5.10 Å². The first-order valence-corrected chi connectivity index (χ1v) is 12.7. The topological polar surface area (TPSA) is 59.5 Å². The molecule has 0 aliphatic heterocycles. The summed E-state index contributed by atoms with van der Waals surface area (Å²) >= 11 is 5.46. The molecule has 0 saturated carbocycles. The summed E-state index contributed by atoms with van der Waals surface area (Å²) in [6.45, 7) is 0. The quantitative estimate of drug-likeness (QED) is 0.119. The summed E-state index contributed by atoms with van der Waals surface area (Å²) in [5.74, 6) is 0.249. The molecule has 1 amide bonds. The fraction of sp³-hybridized carbons (Fsp3) is 0. The number of rotatable bonds is 6. The first kappa shape index (κ1) is 23.3. The predicted octanol–water partition coefficient (Wildman–Crippen LogP) is 7.54. The molecule has 2 aromatic heterocycles. The fourth-order valence-corrected chi connectivity index (χ4v) is 4.51. The van der Waals surface area contributed by atoms with Crippen LogP contribution in [-0.4, -0.2) is 16.7 Å². The number of nitrogens with zero attached hydrogens (tertiary/aromatic N) is 2. The highest BCUT2D eigenvalue weighted by atomic mass is 127. The maximum Gasteiger partial charge on any atom is 0.271 e. The van der Waals surface area contributed by atoms with Crippen molar-refractivity contribution in [3.05, 3.63) is 123 Å². The largest absolute Gasteiger partial charge is 0.448 e. The first-order chi connectivity index (χ1) is 17.1. The molecule has 7 heteroatoms. The Morgan fingerprint density at radius 2 is 1.43 bits per heavy atom. The lowest BCUT2D eigenvalue weighted by atomic mass is 10.1. The maximum atomic E-state index is 12.6. The summed E-state index contributed by atoms with van der Waals surface area (Å²) in [6.07, 6.45) is 1.47. The van der Waals surface area contributed by atoms with Crippen LogP contribution in [0.4, 0.5) is 0 Å². The van der Waals surface area contributed by atoms with Crippen LogP contribution < -0.4 is 5.43 Å². The molecule has 3 aromatic carbocycles. The molecule has 0 bridgehead atoms. The lowest BCUT2D eigenvalue weighted by molar-refractivity contribution is 0.0955. The van der Waals surface area contributed by atoms with E-state index in [1.165, 1.54) is 6.21 Å². The van der Waals surface area contributed by atoms with Crippen molar-refractivity contribution in [2.75, 3.05) is 0 Å². The molecule has 1 N–H and O–H groups in total. The summed E-state index contributed by atoms with van der Waals surface area (Å²) in [7, 11) is 0. The number of aromatic nitrogens is 1. The summed E-state index contributed by atoms with van der Waals surface area (Å²) < 4.78 is 9.27. The van der Waals surface area contributed by atoms with Crippen LogP contribution in [0.3, 0.4) is 0 Å². The minimum absolute atomic E-state index is 0.299. The Balaban J connectivity index is 1.43. The van der Waals surface area contributed by atoms with Gasteiger partial charge in [0.1, 0.15) is 5.76 Å². The number of furan rings is 1. The Morgan fingerprint density at radius 3 is 1.94 bits per heavy atom. The van der Waals surface area contributed by atoms with Crippen LogP contribution in [0.2, 0.25) is 0 Å². The molecule has 0 unspecified atom stereocenters. The highest BCUT2D eigenvalue weighted by Crippen LogP contribution is 2.32. The average molecular weight is 636 g/mol. The van der Waals surface area contributed by atoms with E-state index in [2.05, 4.69) is 90.0 Å². The fourth-order valence-electron chi connectivity index (χ4n) is 3.79. The lowest BCUT2D eigenvalue weighted by Crippen LogP contribution is -2.17. The number of hydrogen-bond acceptors (Lipinski definition) is 3. The number of hydrazone groups is 1. The zero-order valence-corrected chi connectivity index (χ0v) is 22.1. The molecule has 5 nitrogen and oxygen atoms in total. The average Bonchev–Trinajstić information content (AvgIpc) is 3.48. The molecular formula is C28H19BrIN3O2. The zero-order valence-electron chi connectivity index (χ0n) is 18.4. The van der Waals surface area contributed by atoms with Crippen molar-refractivity contribution in [1.29, 1.82) is 0 Å². The molecule has 0 atom stereocenters. The second kappa shape index (κ2) is 10.5. The van der Waals surface area contributed by atoms with E-state index < -0.39 is 0 Å². The number of hydrogen-bond donors (Lipinski definition) is 1. The van der Waals surface area contributed by atoms with Gasteiger partial charge < -0.3 is 8.98 Å². The van der Waals surface area contributed by atoms with Gasteiger partial charge in [0.2, 0.25) is 0 Å². The van der Waals surface area contributed by atoms with Gasteiger partial charge in [0.05, 0.1) is 22.1 Å². The summed E-state index contributed by atoms with van der Waals surface area (Å²) in [5.41, 5.74) is 8.40. The highest BCUT2D eigenvalue weighted by Gasteiger charge is 2.14. The van der Waals surface area contributed by atoms with Gasteiger partial charge in [-0.05, 0) is 63.5 Å². The molecule has 35 heavy (non-hydrogen) atoms. The van der Waals surface area contributed by atoms with Gasteiger partial charge in [-0.3, -0.25) is 4.79 Å². The molecule has 0 spiro atoms. The number of amides is 1. The van der Waals surface area contributed by atoms with Crippen molar-refractivity contribution in [3.8, 4) is 28.2 Å². The van der Waals surface area contributed by atoms with Gasteiger partial charge in [-0.15, -0.1) is 0 Å². The monoisotopic (exact) mass is 635 g/mol. The minimum atomic E-state index is -0.299. The maximum absolute atomic E-state index is 12.6. The van der Waals surface area contributed by atoms with Crippen LogP contribution in [0.5, 0.6) is 0 Å². The molecule has 2 heterocycles. The second-order valence-corrected chi connectivity index (χ2v) is 9.52. The van der Waals surface area contributed by atoms with Crippen molar-refractivity contribution in [3.63, 3.8) is 0 Å². The van der Waals surface area contributed by atoms with Crippen LogP contribution >= 0.6 is 38.5 Å². The van der Waals surface area contributed by atoms with Gasteiger partial charge in [0.15, 0.2) is 3.77 Å². The van der Waals surface area contributed by atoms with Crippen molar-refractivity contribution >= 4 is 50.6 Å². The van der Waals surface area contributed by atoms with Crippen LogP contribution in [-0.2, 0) is 0 Å². The second-order valence-electron chi connectivity index (χ2n) is 7.69. The number of carbonyl (C=O) groups is 1. The molecule has 172 valence electrons. The van der Waals surface area contributed by atoms with E-state index in [9.17, 15) is 4.79 Å². The molecule has 0 fully saturated rings. The Kier molecular flexibility index (Phi) is 6.96. The van der Waals surface area contributed by atoms with Crippen molar-refractivity contribution in [2.24, 2.45) is 5.10 Å². The van der Waals surface area contributed by atoms with E-state index in [4.69, 9.17) is 4.42 Å². The molecule has 0 aliphatic rings. The molecule has 5 aromatic rings. The molecule has 0 saturated heterocycles. The number of carbonyl (C=O) groups excluding carboxylic acids is 1. The van der Waals surface area contributed by atoms with Gasteiger partial charge >= 0.3 is 0 Å². The third-order valence-electron chi connectivity index (χ3n) is 5.43. The number of benzene rings is 3. The smallest absolute Gasteiger partial charge is 0.271 e. The van der Waals surface area contributed by atoms with Crippen molar-refractivity contribution in [1.82, 2.24) is 9.99 Å². The van der Waals surface area contributed by atoms with E-state index in [1.54, 1.807) is 18.2 Å². The summed E-state index contributed by atoms with van der Waals surface area (Å²) in [4.78, 5) is 12.6. The Labute approximate surface area is 224 Å². The van der Waals surface area contributed by atoms with E-state index >= 15 is 0 Å². The Hall–Kier alpha value is -3.43. The third-order valence-corrected chi connectivity index (χ3v) is 7.56. The normalized spacial score (nSPS) is 11.1. The highest BCUT2D eigenvalue weighted by molar-refractivity contribution is 14.1. The standard InChI is InChI=1S/C28H19BrIN3O2/c29-24-17-23(35-27(24)30)18-31-32-28(34)21-11-13-22(14-12-21)33-25(19-7-3-1-4-8-19)15-16-26(33)20-9-5-2-6-10-20/h1-18H,(H,32,34)/b31-18-. The van der Waals surface area contributed by atoms with Gasteiger partial charge in [0, 0.05) is 39.9 Å². The van der Waals surface area contributed by atoms with Gasteiger partial charge in [-0.25, -0.2) is 5.43 Å². The van der Waals surface area contributed by atoms with Crippen LogP contribution in [0.15, 0.2) is 117 Å². The third kappa shape index (κ3) is 5.16. The van der Waals surface area contributed by atoms with E-state index in [0.717, 1.165) is 36.4 Å². The predicted molar refractivity (Wildman–Crippen MR) is 151 cm³/mol. The minimum Gasteiger partial charge on any atom is -0.448 e. The van der Waals surface area contributed by atoms with Crippen LogP contribution in [0.1, 0.15) is 16.1 Å². The lowest BCUT2D eigenvalue weighted by Gasteiger charge is -2.15. The SMILES string of the molecule is O=C(N/N=C\c1cc(Br)c(I)o1)c1ccc(-n2c(-c3ccccc3)ccc2-c2ccccc2)cc1. The Bertz CT molecular complexity index is 1410. The van der Waals surface area contributed by atoms with Gasteiger partial charge in [-0.1, -0.05) is 60.7 Å². The number of halogens is 2. The van der Waals surface area contributed by atoms with Crippen molar-refractivity contribution in [2.45, 2.75) is 0 Å². The first-order valence-electron chi connectivity index (χ1n) is 10.8. The Morgan fingerprint density at radius 1 is 0.857 bits per heavy atom. The van der Waals surface area contributed by atoms with E-state index in [1.807, 2.05) is 48.5 Å².